The second-order valence-electron chi connectivity index (χ2n) is 7.16. The molecule has 0 N–H and O–H groups in total. The zero-order valence-corrected chi connectivity index (χ0v) is 15.6. The number of hydrogen-bond acceptors (Lipinski definition) is 5. The molecule has 0 radical (unpaired) electrons. The van der Waals surface area contributed by atoms with Crippen molar-refractivity contribution in [1.82, 2.24) is 14.4 Å². The van der Waals surface area contributed by atoms with Crippen molar-refractivity contribution in [2.75, 3.05) is 31.6 Å². The van der Waals surface area contributed by atoms with Crippen molar-refractivity contribution in [2.24, 2.45) is 7.05 Å². The van der Waals surface area contributed by atoms with Crippen LogP contribution in [0.4, 0.5) is 0 Å². The number of likely N-dealkylation sites (N-methyl/N-ethyl adjacent to an activating group) is 1. The van der Waals surface area contributed by atoms with Crippen molar-refractivity contribution in [3.05, 3.63) is 46.2 Å². The molecule has 2 aliphatic heterocycles. The van der Waals surface area contributed by atoms with Crippen LogP contribution < -0.4 is 5.56 Å². The van der Waals surface area contributed by atoms with Crippen LogP contribution in [-0.2, 0) is 16.9 Å². The summed E-state index contributed by atoms with van der Waals surface area (Å²) in [4.78, 5) is 29.3. The predicted molar refractivity (Wildman–Crippen MR) is 99.1 cm³/mol. The third kappa shape index (κ3) is 2.64. The topological polar surface area (TPSA) is 79.7 Å². The monoisotopic (exact) mass is 375 g/mol. The van der Waals surface area contributed by atoms with Crippen LogP contribution in [0.3, 0.4) is 0 Å². The maximum Gasteiger partial charge on any atom is 0.255 e. The van der Waals surface area contributed by atoms with Gasteiger partial charge in [-0.1, -0.05) is 18.2 Å². The molecule has 0 saturated carbocycles. The summed E-state index contributed by atoms with van der Waals surface area (Å²) in [5, 5.41) is 0.705. The molecule has 0 spiro atoms. The number of fused-ring (bicyclic) bond motifs is 2. The Morgan fingerprint density at radius 1 is 1.08 bits per heavy atom. The highest BCUT2D eigenvalue weighted by atomic mass is 32.2. The van der Waals surface area contributed by atoms with E-state index in [4.69, 9.17) is 0 Å². The van der Waals surface area contributed by atoms with Gasteiger partial charge in [0.25, 0.3) is 11.5 Å². The van der Waals surface area contributed by atoms with Gasteiger partial charge in [-0.2, -0.15) is 0 Å². The fourth-order valence-electron chi connectivity index (χ4n) is 4.12. The van der Waals surface area contributed by atoms with Crippen molar-refractivity contribution in [2.45, 2.75) is 12.1 Å². The highest BCUT2D eigenvalue weighted by Gasteiger charge is 2.47. The number of pyridine rings is 1. The van der Waals surface area contributed by atoms with Crippen LogP contribution in [-0.4, -0.2) is 72.4 Å². The number of aromatic nitrogens is 1. The maximum absolute atomic E-state index is 13.3. The molecule has 2 atom stereocenters. The van der Waals surface area contributed by atoms with Gasteiger partial charge in [-0.05, 0) is 13.1 Å². The number of sulfone groups is 1. The summed E-state index contributed by atoms with van der Waals surface area (Å²) in [7, 11) is 0.403. The number of carbonyl (C=O) groups is 1. The number of aryl methyl sites for hydroxylation is 1. The number of benzene rings is 1. The fraction of sp³-hybridized carbons (Fsp3) is 0.444. The summed E-state index contributed by atoms with van der Waals surface area (Å²) in [6, 6.07) is 8.09. The minimum atomic E-state index is -3.17. The van der Waals surface area contributed by atoms with Crippen LogP contribution >= 0.6 is 0 Å². The van der Waals surface area contributed by atoms with Crippen LogP contribution in [0, 0.1) is 0 Å². The average Bonchev–Trinajstić information content (AvgIpc) is 2.94. The molecule has 0 bridgehead atoms. The Morgan fingerprint density at radius 2 is 1.77 bits per heavy atom. The summed E-state index contributed by atoms with van der Waals surface area (Å²) in [6.45, 7) is 1.07. The summed E-state index contributed by atoms with van der Waals surface area (Å²) in [5.74, 6) is -0.203. The lowest BCUT2D eigenvalue weighted by atomic mass is 10.0. The normalized spacial score (nSPS) is 25.4. The lowest BCUT2D eigenvalue weighted by Crippen LogP contribution is -2.59. The fourth-order valence-corrected chi connectivity index (χ4v) is 6.18. The van der Waals surface area contributed by atoms with E-state index in [1.165, 1.54) is 10.6 Å². The van der Waals surface area contributed by atoms with E-state index in [0.29, 0.717) is 29.6 Å². The van der Waals surface area contributed by atoms with Gasteiger partial charge in [0, 0.05) is 37.6 Å². The molecule has 26 heavy (non-hydrogen) atoms. The van der Waals surface area contributed by atoms with E-state index < -0.39 is 9.84 Å². The summed E-state index contributed by atoms with van der Waals surface area (Å²) < 4.78 is 25.8. The molecule has 8 heteroatoms. The Labute approximate surface area is 151 Å². The van der Waals surface area contributed by atoms with Crippen LogP contribution in [0.25, 0.3) is 10.9 Å². The Hall–Kier alpha value is -2.19. The average molecular weight is 375 g/mol. The molecule has 1 aromatic carbocycles. The minimum Gasteiger partial charge on any atom is -0.332 e. The maximum atomic E-state index is 13.3. The van der Waals surface area contributed by atoms with Gasteiger partial charge in [-0.25, -0.2) is 8.42 Å². The highest BCUT2D eigenvalue weighted by Crippen LogP contribution is 2.28. The summed E-state index contributed by atoms with van der Waals surface area (Å²) >= 11 is 0. The van der Waals surface area contributed by atoms with Gasteiger partial charge in [0.2, 0.25) is 0 Å². The highest BCUT2D eigenvalue weighted by molar-refractivity contribution is 7.91. The Kier molecular flexibility index (Phi) is 3.92. The quantitative estimate of drug-likeness (QED) is 0.706. The number of rotatable bonds is 1. The number of hydrogen-bond donors (Lipinski definition) is 0. The number of para-hydroxylation sites is 1. The molecule has 2 aliphatic rings. The first-order chi connectivity index (χ1) is 12.3. The van der Waals surface area contributed by atoms with Crippen LogP contribution in [0.1, 0.15) is 10.4 Å². The van der Waals surface area contributed by atoms with E-state index in [-0.39, 0.29) is 35.1 Å². The van der Waals surface area contributed by atoms with Gasteiger partial charge in [0.15, 0.2) is 9.84 Å². The first-order valence-corrected chi connectivity index (χ1v) is 10.4. The minimum absolute atomic E-state index is 0.0173. The smallest absolute Gasteiger partial charge is 0.255 e. The number of nitrogens with zero attached hydrogens (tertiary/aromatic N) is 3. The van der Waals surface area contributed by atoms with Crippen molar-refractivity contribution >= 4 is 26.6 Å². The Morgan fingerprint density at radius 3 is 2.54 bits per heavy atom. The third-order valence-electron chi connectivity index (χ3n) is 5.60. The number of carbonyl (C=O) groups excluding carboxylic acids is 1. The lowest BCUT2D eigenvalue weighted by molar-refractivity contribution is 0.0411. The molecule has 1 aromatic heterocycles. The van der Waals surface area contributed by atoms with Gasteiger partial charge in [0.05, 0.1) is 28.6 Å². The molecule has 2 aromatic rings. The third-order valence-corrected chi connectivity index (χ3v) is 7.30. The molecule has 3 heterocycles. The van der Waals surface area contributed by atoms with E-state index in [2.05, 4.69) is 0 Å². The first kappa shape index (κ1) is 17.2. The molecule has 2 saturated heterocycles. The van der Waals surface area contributed by atoms with Crippen LogP contribution in [0.2, 0.25) is 0 Å². The molecule has 0 unspecified atom stereocenters. The molecule has 7 nitrogen and oxygen atoms in total. The molecular weight excluding hydrogens is 354 g/mol. The van der Waals surface area contributed by atoms with E-state index in [9.17, 15) is 18.0 Å². The second kappa shape index (κ2) is 5.92. The number of amides is 1. The number of piperazine rings is 1. The van der Waals surface area contributed by atoms with E-state index in [1.54, 1.807) is 18.0 Å². The molecule has 138 valence electrons. The van der Waals surface area contributed by atoms with Gasteiger partial charge >= 0.3 is 0 Å². The lowest BCUT2D eigenvalue weighted by Gasteiger charge is -2.42. The van der Waals surface area contributed by atoms with Gasteiger partial charge in [-0.3, -0.25) is 14.5 Å². The van der Waals surface area contributed by atoms with E-state index >= 15 is 0 Å². The molecule has 2 fully saturated rings. The van der Waals surface area contributed by atoms with Crippen LogP contribution in [0.15, 0.2) is 35.1 Å². The van der Waals surface area contributed by atoms with Crippen LogP contribution in [0.5, 0.6) is 0 Å². The standard InChI is InChI=1S/C18H21N3O4S/c1-19-7-8-21(16-11-26(24,25)10-15(16)19)18(23)13-9-17(22)20(2)14-6-4-3-5-12(13)14/h3-6,9,15-16H,7-8,10-11H2,1-2H3/t15-,16+/m0/s1. The molecule has 0 aliphatic carbocycles. The summed E-state index contributed by atoms with van der Waals surface area (Å²) in [6.07, 6.45) is 0. The Bertz CT molecular complexity index is 1060. The largest absolute Gasteiger partial charge is 0.332 e. The van der Waals surface area contributed by atoms with Crippen molar-refractivity contribution < 1.29 is 13.2 Å². The van der Waals surface area contributed by atoms with E-state index in [1.807, 2.05) is 30.1 Å². The van der Waals surface area contributed by atoms with Crippen molar-refractivity contribution in [1.29, 1.82) is 0 Å². The van der Waals surface area contributed by atoms with E-state index in [0.717, 1.165) is 0 Å². The predicted octanol–water partition coefficient (Wildman–Crippen LogP) is 0.0917. The molecule has 4 rings (SSSR count). The first-order valence-electron chi connectivity index (χ1n) is 8.59. The SMILES string of the molecule is CN1CCN(C(=O)c2cc(=O)n(C)c3ccccc23)[C@@H]2CS(=O)(=O)C[C@@H]21. The van der Waals surface area contributed by atoms with Gasteiger partial charge in [-0.15, -0.1) is 0 Å². The molecule has 1 amide bonds. The van der Waals surface area contributed by atoms with Crippen molar-refractivity contribution in [3.63, 3.8) is 0 Å². The van der Waals surface area contributed by atoms with Crippen molar-refractivity contribution in [3.8, 4) is 0 Å². The van der Waals surface area contributed by atoms with Gasteiger partial charge in [0.1, 0.15) is 0 Å². The van der Waals surface area contributed by atoms with Gasteiger partial charge < -0.3 is 9.47 Å². The Balaban J connectivity index is 1.80. The zero-order chi connectivity index (χ0) is 18.6. The zero-order valence-electron chi connectivity index (χ0n) is 14.8. The summed E-state index contributed by atoms with van der Waals surface area (Å²) in [5.41, 5.74) is 0.779. The molecular formula is C18H21N3O4S. The second-order valence-corrected chi connectivity index (χ2v) is 9.32.